The highest BCUT2D eigenvalue weighted by molar-refractivity contribution is 5.78. The molecule has 1 saturated carbocycles. The first-order valence-electron chi connectivity index (χ1n) is 9.56. The number of hydrogen-bond acceptors (Lipinski definition) is 10. The molecule has 1 amide bonds. The van der Waals surface area contributed by atoms with Gasteiger partial charge in [-0.1, -0.05) is 0 Å². The number of rotatable bonds is 6. The Morgan fingerprint density at radius 1 is 1.25 bits per heavy atom. The number of aliphatic hydroxyl groups is 2. The first-order valence-corrected chi connectivity index (χ1v) is 9.56. The molecule has 28 heavy (non-hydrogen) atoms. The van der Waals surface area contributed by atoms with Crippen molar-refractivity contribution in [3.63, 3.8) is 0 Å². The molecule has 2 fully saturated rings. The lowest BCUT2D eigenvalue weighted by Gasteiger charge is -2.50. The van der Waals surface area contributed by atoms with Gasteiger partial charge >= 0.3 is 0 Å². The van der Waals surface area contributed by atoms with Crippen LogP contribution < -0.4 is 22.9 Å². The van der Waals surface area contributed by atoms with Crippen LogP contribution in [0.3, 0.4) is 0 Å². The summed E-state index contributed by atoms with van der Waals surface area (Å²) in [6.45, 7) is 1.58. The Kier molecular flexibility index (Phi) is 8.14. The summed E-state index contributed by atoms with van der Waals surface area (Å²) in [6.07, 6.45) is -4.16. The molecule has 0 aromatic heterocycles. The lowest BCUT2D eigenvalue weighted by atomic mass is 9.80. The second-order valence-corrected chi connectivity index (χ2v) is 7.70. The van der Waals surface area contributed by atoms with E-state index in [2.05, 4.69) is 0 Å². The summed E-state index contributed by atoms with van der Waals surface area (Å²) in [5, 5.41) is 21.6. The quantitative estimate of drug-likeness (QED) is 0.257. The van der Waals surface area contributed by atoms with E-state index in [1.165, 1.54) is 19.1 Å². The fraction of sp³-hybridized carbons (Fsp3) is 0.941. The minimum atomic E-state index is -1.25. The average molecular weight is 405 g/mol. The van der Waals surface area contributed by atoms with Crippen molar-refractivity contribution in [1.82, 2.24) is 4.90 Å². The third-order valence-electron chi connectivity index (χ3n) is 5.74. The number of carbonyl (C=O) groups excluding carboxylic acids is 1. The smallest absolute Gasteiger partial charge is 0.236 e. The summed E-state index contributed by atoms with van der Waals surface area (Å²) >= 11 is 0. The zero-order valence-corrected chi connectivity index (χ0v) is 16.7. The second-order valence-electron chi connectivity index (χ2n) is 7.70. The molecule has 0 unspecified atom stereocenters. The maximum atomic E-state index is 12.1. The fourth-order valence-corrected chi connectivity index (χ4v) is 3.95. The molecule has 0 spiro atoms. The fourth-order valence-electron chi connectivity index (χ4n) is 3.95. The molecule has 1 aliphatic carbocycles. The van der Waals surface area contributed by atoms with Crippen molar-refractivity contribution < 1.29 is 29.2 Å². The van der Waals surface area contributed by atoms with Gasteiger partial charge in [-0.2, -0.15) is 0 Å². The van der Waals surface area contributed by atoms with Gasteiger partial charge in [-0.15, -0.1) is 0 Å². The van der Waals surface area contributed by atoms with Crippen molar-refractivity contribution in [2.75, 3.05) is 20.7 Å². The molecule has 0 bridgehead atoms. The molecule has 0 radical (unpaired) electrons. The molecule has 11 nitrogen and oxygen atoms in total. The van der Waals surface area contributed by atoms with Crippen molar-refractivity contribution in [3.8, 4) is 0 Å². The number of aliphatic hydroxyl groups excluding tert-OH is 2. The summed E-state index contributed by atoms with van der Waals surface area (Å²) in [6, 6.07) is -2.55. The normalized spacial score (nSPS) is 42.8. The van der Waals surface area contributed by atoms with Crippen molar-refractivity contribution in [2.24, 2.45) is 22.9 Å². The molecular formula is C17H35N5O6. The Bertz CT molecular complexity index is 526. The Morgan fingerprint density at radius 3 is 2.43 bits per heavy atom. The molecule has 2 aliphatic rings. The summed E-state index contributed by atoms with van der Waals surface area (Å²) in [5.74, 6) is -0.421. The molecule has 0 aromatic carbocycles. The van der Waals surface area contributed by atoms with Gasteiger partial charge in [0.15, 0.2) is 6.29 Å². The summed E-state index contributed by atoms with van der Waals surface area (Å²) < 4.78 is 17.1. The Morgan fingerprint density at radius 2 is 1.89 bits per heavy atom. The van der Waals surface area contributed by atoms with Crippen LogP contribution in [0.4, 0.5) is 0 Å². The largest absolute Gasteiger partial charge is 0.389 e. The highest BCUT2D eigenvalue weighted by Gasteiger charge is 2.53. The third kappa shape index (κ3) is 4.64. The molecule has 10 atom stereocenters. The van der Waals surface area contributed by atoms with Crippen LogP contribution in [0.2, 0.25) is 0 Å². The number of carbonyl (C=O) groups is 1. The van der Waals surface area contributed by atoms with E-state index in [1.807, 2.05) is 6.92 Å². The second kappa shape index (κ2) is 9.74. The van der Waals surface area contributed by atoms with Crippen LogP contribution in [-0.2, 0) is 19.0 Å². The van der Waals surface area contributed by atoms with Crippen LogP contribution in [0, 0.1) is 0 Å². The minimum Gasteiger partial charge on any atom is -0.389 e. The van der Waals surface area contributed by atoms with E-state index in [0.717, 1.165) is 0 Å². The van der Waals surface area contributed by atoms with Crippen LogP contribution in [0.15, 0.2) is 0 Å². The van der Waals surface area contributed by atoms with E-state index in [0.29, 0.717) is 12.8 Å². The van der Waals surface area contributed by atoms with Crippen LogP contribution in [0.1, 0.15) is 19.8 Å². The van der Waals surface area contributed by atoms with Crippen LogP contribution >= 0.6 is 0 Å². The zero-order valence-electron chi connectivity index (χ0n) is 16.7. The van der Waals surface area contributed by atoms with Crippen molar-refractivity contribution >= 4 is 5.91 Å². The van der Waals surface area contributed by atoms with Gasteiger partial charge in [0.2, 0.25) is 5.91 Å². The lowest BCUT2D eigenvalue weighted by Crippen LogP contribution is -2.72. The number of nitrogens with zero attached hydrogens (tertiary/aromatic N) is 1. The first kappa shape index (κ1) is 23.4. The lowest BCUT2D eigenvalue weighted by molar-refractivity contribution is -0.267. The molecule has 1 heterocycles. The predicted octanol–water partition coefficient (Wildman–Crippen LogP) is -3.59. The SMILES string of the molecule is CO[C@H]1[C@H](O)[C@H](N)[C@H](O[C@@H]2O[C@@H]([C@H](C)N)CC[C@@H]2N)[C@@H](O)[C@H]1N(C)C(=O)CN. The van der Waals surface area contributed by atoms with Gasteiger partial charge in [0.1, 0.15) is 18.3 Å². The van der Waals surface area contributed by atoms with E-state index >= 15 is 0 Å². The zero-order chi connectivity index (χ0) is 21.2. The van der Waals surface area contributed by atoms with Gasteiger partial charge in [0.25, 0.3) is 0 Å². The number of likely N-dealkylation sites (N-methyl/N-ethyl adjacent to an activating group) is 1. The summed E-state index contributed by atoms with van der Waals surface area (Å²) in [7, 11) is 2.85. The number of methoxy groups -OCH3 is 1. The monoisotopic (exact) mass is 405 g/mol. The van der Waals surface area contributed by atoms with Crippen LogP contribution in [-0.4, -0.2) is 103 Å². The number of amides is 1. The van der Waals surface area contributed by atoms with Gasteiger partial charge < -0.3 is 52.3 Å². The van der Waals surface area contributed by atoms with Gasteiger partial charge in [-0.3, -0.25) is 4.79 Å². The molecule has 11 heteroatoms. The van der Waals surface area contributed by atoms with Crippen LogP contribution in [0.5, 0.6) is 0 Å². The van der Waals surface area contributed by atoms with E-state index in [9.17, 15) is 15.0 Å². The Hall–Kier alpha value is -0.890. The molecule has 2 rings (SSSR count). The Labute approximate surface area is 165 Å². The molecule has 1 aliphatic heterocycles. The van der Waals surface area contributed by atoms with Crippen molar-refractivity contribution in [3.05, 3.63) is 0 Å². The highest BCUT2D eigenvalue weighted by Crippen LogP contribution is 2.31. The highest BCUT2D eigenvalue weighted by atomic mass is 16.7. The third-order valence-corrected chi connectivity index (χ3v) is 5.74. The summed E-state index contributed by atoms with van der Waals surface area (Å²) in [5.41, 5.74) is 23.6. The van der Waals surface area contributed by atoms with E-state index in [1.54, 1.807) is 0 Å². The maximum absolute atomic E-state index is 12.1. The predicted molar refractivity (Wildman–Crippen MR) is 101 cm³/mol. The molecular weight excluding hydrogens is 370 g/mol. The Balaban J connectivity index is 2.23. The van der Waals surface area contributed by atoms with E-state index in [-0.39, 0.29) is 18.7 Å². The van der Waals surface area contributed by atoms with Crippen LogP contribution in [0.25, 0.3) is 0 Å². The molecule has 164 valence electrons. The number of ether oxygens (including phenoxy) is 3. The summed E-state index contributed by atoms with van der Waals surface area (Å²) in [4.78, 5) is 13.3. The standard InChI is InChI=1S/C17H35N5O6/c1-7(19)9-5-4-8(20)17(27-9)28-15-11(21)13(24)16(26-3)12(14(15)25)22(2)10(23)6-18/h7-9,11-17,24-25H,4-6,18-21H2,1-3H3/t7-,8-,9+,11-,12+,13+,14-,15-,16+,17-/m0/s1. The molecule has 0 aromatic rings. The van der Waals surface area contributed by atoms with Crippen molar-refractivity contribution in [2.45, 2.75) is 80.7 Å². The first-order chi connectivity index (χ1) is 13.1. The van der Waals surface area contributed by atoms with Gasteiger partial charge in [-0.05, 0) is 19.8 Å². The van der Waals surface area contributed by atoms with E-state index < -0.39 is 54.7 Å². The molecule has 10 N–H and O–H groups in total. The van der Waals surface area contributed by atoms with Crippen molar-refractivity contribution in [1.29, 1.82) is 0 Å². The van der Waals surface area contributed by atoms with Gasteiger partial charge in [-0.25, -0.2) is 0 Å². The topological polar surface area (TPSA) is 193 Å². The van der Waals surface area contributed by atoms with E-state index in [4.69, 9.17) is 37.1 Å². The number of hydrogen-bond donors (Lipinski definition) is 6. The minimum absolute atomic E-state index is 0.215. The molecule has 1 saturated heterocycles. The maximum Gasteiger partial charge on any atom is 0.236 e. The average Bonchev–Trinajstić information content (AvgIpc) is 2.67. The number of nitrogens with two attached hydrogens (primary N) is 4. The van der Waals surface area contributed by atoms with Gasteiger partial charge in [0, 0.05) is 20.2 Å². The van der Waals surface area contributed by atoms with Gasteiger partial charge in [0.05, 0.1) is 36.9 Å².